The maximum Gasteiger partial charge on any atom is 0.246 e. The number of ether oxygens (including phenoxy) is 1. The van der Waals surface area contributed by atoms with Crippen molar-refractivity contribution in [1.29, 1.82) is 0 Å². The molecule has 0 spiro atoms. The molecule has 0 atom stereocenters. The molecule has 1 amide bonds. The van der Waals surface area contributed by atoms with Crippen molar-refractivity contribution >= 4 is 15.9 Å². The van der Waals surface area contributed by atoms with Crippen LogP contribution in [0.1, 0.15) is 25.3 Å². The van der Waals surface area contributed by atoms with Gasteiger partial charge in [0.15, 0.2) is 0 Å². The number of halogens is 2. The lowest BCUT2D eigenvalue weighted by molar-refractivity contribution is -0.135. The fourth-order valence-corrected chi connectivity index (χ4v) is 5.22. The van der Waals surface area contributed by atoms with Crippen LogP contribution in [0.4, 0.5) is 8.78 Å². The minimum Gasteiger partial charge on any atom is -0.494 e. The van der Waals surface area contributed by atoms with E-state index in [1.165, 1.54) is 0 Å². The smallest absolute Gasteiger partial charge is 0.246 e. The topological polar surface area (TPSA) is 66.9 Å². The van der Waals surface area contributed by atoms with Crippen LogP contribution in [0.15, 0.2) is 47.4 Å². The number of carbonyl (C=O) groups is 1. The molecule has 2 aromatic rings. The molecule has 0 aliphatic carbocycles. The molecule has 9 heteroatoms. The Bertz CT molecular complexity index is 1020. The van der Waals surface area contributed by atoms with Gasteiger partial charge in [-0.1, -0.05) is 12.1 Å². The molecule has 1 aliphatic heterocycles. The van der Waals surface area contributed by atoms with Crippen LogP contribution in [-0.4, -0.2) is 50.3 Å². The van der Waals surface area contributed by atoms with Crippen molar-refractivity contribution in [2.24, 2.45) is 5.92 Å². The van der Waals surface area contributed by atoms with Crippen molar-refractivity contribution in [3.8, 4) is 5.75 Å². The van der Waals surface area contributed by atoms with Crippen LogP contribution < -0.4 is 4.74 Å². The molecule has 2 aromatic carbocycles. The number of sulfonamides is 1. The lowest BCUT2D eigenvalue weighted by atomic mass is 9.96. The molecule has 31 heavy (non-hydrogen) atoms. The molecule has 1 saturated heterocycles. The van der Waals surface area contributed by atoms with E-state index in [0.29, 0.717) is 32.1 Å². The third kappa shape index (κ3) is 5.40. The standard InChI is InChI=1S/C22H26F2N2O4S/c1-3-30-19-7-4-16(5-8-19)15-25(2)22(27)17-10-12-26(13-11-17)31(28,29)21-14-18(23)6-9-20(21)24/h4-9,14,17H,3,10-13,15H2,1-2H3. The van der Waals surface area contributed by atoms with Crippen molar-refractivity contribution in [3.05, 3.63) is 59.7 Å². The molecule has 0 N–H and O–H groups in total. The summed E-state index contributed by atoms with van der Waals surface area (Å²) in [5.41, 5.74) is 0.959. The Morgan fingerprint density at radius 1 is 1.13 bits per heavy atom. The summed E-state index contributed by atoms with van der Waals surface area (Å²) in [7, 11) is -2.45. The van der Waals surface area contributed by atoms with E-state index in [1.807, 2.05) is 31.2 Å². The van der Waals surface area contributed by atoms with Crippen LogP contribution in [0.2, 0.25) is 0 Å². The molecule has 1 aliphatic rings. The average Bonchev–Trinajstić information content (AvgIpc) is 2.76. The minimum absolute atomic E-state index is 0.0668. The van der Waals surface area contributed by atoms with Crippen LogP contribution in [0, 0.1) is 17.6 Å². The second kappa shape index (κ2) is 9.74. The highest BCUT2D eigenvalue weighted by molar-refractivity contribution is 7.89. The van der Waals surface area contributed by atoms with E-state index < -0.39 is 26.6 Å². The zero-order chi connectivity index (χ0) is 22.6. The van der Waals surface area contributed by atoms with Crippen LogP contribution in [0.25, 0.3) is 0 Å². The fourth-order valence-electron chi connectivity index (χ4n) is 3.68. The van der Waals surface area contributed by atoms with Gasteiger partial charge in [0.2, 0.25) is 15.9 Å². The van der Waals surface area contributed by atoms with Crippen molar-refractivity contribution in [2.75, 3.05) is 26.7 Å². The second-order valence-corrected chi connectivity index (χ2v) is 9.43. The minimum atomic E-state index is -4.16. The lowest BCUT2D eigenvalue weighted by Gasteiger charge is -2.32. The van der Waals surface area contributed by atoms with Gasteiger partial charge in [-0.15, -0.1) is 0 Å². The highest BCUT2D eigenvalue weighted by Crippen LogP contribution is 2.27. The monoisotopic (exact) mass is 452 g/mol. The summed E-state index contributed by atoms with van der Waals surface area (Å²) < 4.78 is 59.3. The zero-order valence-corrected chi connectivity index (χ0v) is 18.4. The molecule has 0 bridgehead atoms. The van der Waals surface area contributed by atoms with E-state index in [0.717, 1.165) is 27.8 Å². The van der Waals surface area contributed by atoms with E-state index in [1.54, 1.807) is 11.9 Å². The number of benzene rings is 2. The Morgan fingerprint density at radius 2 is 1.77 bits per heavy atom. The van der Waals surface area contributed by atoms with Gasteiger partial charge >= 0.3 is 0 Å². The molecule has 168 valence electrons. The summed E-state index contributed by atoms with van der Waals surface area (Å²) in [6, 6.07) is 9.87. The van der Waals surface area contributed by atoms with Gasteiger partial charge in [-0.25, -0.2) is 17.2 Å². The summed E-state index contributed by atoms with van der Waals surface area (Å²) in [5, 5.41) is 0. The molecule has 0 saturated carbocycles. The normalized spacial score (nSPS) is 15.6. The number of piperidine rings is 1. The van der Waals surface area contributed by atoms with Gasteiger partial charge in [-0.3, -0.25) is 4.79 Å². The van der Waals surface area contributed by atoms with Crippen molar-refractivity contribution in [3.63, 3.8) is 0 Å². The Kier molecular flexibility index (Phi) is 7.27. The maximum absolute atomic E-state index is 14.0. The Morgan fingerprint density at radius 3 is 2.39 bits per heavy atom. The van der Waals surface area contributed by atoms with Crippen LogP contribution >= 0.6 is 0 Å². The molecular formula is C22H26F2N2O4S. The SMILES string of the molecule is CCOc1ccc(CN(C)C(=O)C2CCN(S(=O)(=O)c3cc(F)ccc3F)CC2)cc1. The molecular weight excluding hydrogens is 426 g/mol. The Hall–Kier alpha value is -2.52. The van der Waals surface area contributed by atoms with Gasteiger partial charge in [0.25, 0.3) is 0 Å². The van der Waals surface area contributed by atoms with Crippen molar-refractivity contribution < 1.29 is 26.7 Å². The van der Waals surface area contributed by atoms with E-state index in [2.05, 4.69) is 0 Å². The van der Waals surface area contributed by atoms with Gasteiger partial charge in [0.05, 0.1) is 6.61 Å². The van der Waals surface area contributed by atoms with Gasteiger partial charge in [-0.05, 0) is 55.7 Å². The first-order chi connectivity index (χ1) is 14.7. The highest BCUT2D eigenvalue weighted by Gasteiger charge is 2.34. The number of amides is 1. The van der Waals surface area contributed by atoms with E-state index in [9.17, 15) is 22.0 Å². The zero-order valence-electron chi connectivity index (χ0n) is 17.6. The number of hydrogen-bond acceptors (Lipinski definition) is 4. The number of nitrogens with zero attached hydrogens (tertiary/aromatic N) is 2. The summed E-state index contributed by atoms with van der Waals surface area (Å²) >= 11 is 0. The van der Waals surface area contributed by atoms with Crippen molar-refractivity contribution in [1.82, 2.24) is 9.21 Å². The van der Waals surface area contributed by atoms with Crippen LogP contribution in [0.3, 0.4) is 0 Å². The Balaban J connectivity index is 1.59. The van der Waals surface area contributed by atoms with Crippen LogP contribution in [0.5, 0.6) is 5.75 Å². The van der Waals surface area contributed by atoms with Crippen molar-refractivity contribution in [2.45, 2.75) is 31.2 Å². The predicted molar refractivity (Wildman–Crippen MR) is 112 cm³/mol. The van der Waals surface area contributed by atoms with Gasteiger partial charge in [-0.2, -0.15) is 4.31 Å². The molecule has 1 heterocycles. The molecule has 0 radical (unpaired) electrons. The first-order valence-electron chi connectivity index (χ1n) is 10.1. The van der Waals surface area contributed by atoms with E-state index >= 15 is 0 Å². The van der Waals surface area contributed by atoms with E-state index in [4.69, 9.17) is 4.74 Å². The predicted octanol–water partition coefficient (Wildman–Crippen LogP) is 3.42. The summed E-state index contributed by atoms with van der Waals surface area (Å²) in [6.45, 7) is 3.07. The number of carbonyl (C=O) groups excluding carboxylic acids is 1. The molecule has 3 rings (SSSR count). The first-order valence-corrected chi connectivity index (χ1v) is 11.6. The molecule has 6 nitrogen and oxygen atoms in total. The molecule has 1 fully saturated rings. The average molecular weight is 453 g/mol. The second-order valence-electron chi connectivity index (χ2n) is 7.52. The third-order valence-electron chi connectivity index (χ3n) is 5.34. The molecule has 0 aromatic heterocycles. The lowest BCUT2D eigenvalue weighted by Crippen LogP contribution is -2.43. The quantitative estimate of drug-likeness (QED) is 0.646. The number of rotatable bonds is 7. The van der Waals surface area contributed by atoms with Gasteiger partial charge in [0, 0.05) is 32.6 Å². The fraction of sp³-hybridized carbons (Fsp3) is 0.409. The molecule has 0 unspecified atom stereocenters. The maximum atomic E-state index is 14.0. The Labute approximate surface area is 181 Å². The van der Waals surface area contributed by atoms with Gasteiger partial charge < -0.3 is 9.64 Å². The number of hydrogen-bond donors (Lipinski definition) is 0. The third-order valence-corrected chi connectivity index (χ3v) is 7.26. The summed E-state index contributed by atoms with van der Waals surface area (Å²) in [4.78, 5) is 13.8. The summed E-state index contributed by atoms with van der Waals surface area (Å²) in [6.07, 6.45) is 0.644. The van der Waals surface area contributed by atoms with Gasteiger partial charge in [0.1, 0.15) is 22.3 Å². The summed E-state index contributed by atoms with van der Waals surface area (Å²) in [5.74, 6) is -1.43. The van der Waals surface area contributed by atoms with Crippen LogP contribution in [-0.2, 0) is 21.4 Å². The van der Waals surface area contributed by atoms with E-state index in [-0.39, 0.29) is 24.9 Å². The highest BCUT2D eigenvalue weighted by atomic mass is 32.2. The first kappa shape index (κ1) is 23.1. The largest absolute Gasteiger partial charge is 0.494 e.